The van der Waals surface area contributed by atoms with Crippen LogP contribution in [0.3, 0.4) is 0 Å². The molecule has 0 saturated heterocycles. The minimum Gasteiger partial charge on any atom is -0.254 e. The first-order valence-electron chi connectivity index (χ1n) is 6.28. The van der Waals surface area contributed by atoms with Gasteiger partial charge in [-0.1, -0.05) is 30.9 Å². The molecule has 18 heavy (non-hydrogen) atoms. The van der Waals surface area contributed by atoms with Gasteiger partial charge in [0.15, 0.2) is 0 Å². The number of hydrogen-bond acceptors (Lipinski definition) is 2. The Hall–Kier alpha value is -0.850. The molecule has 1 aliphatic rings. The van der Waals surface area contributed by atoms with E-state index in [1.165, 1.54) is 0 Å². The molecule has 0 radical (unpaired) electrons. The van der Waals surface area contributed by atoms with Crippen LogP contribution in [0.2, 0.25) is 5.02 Å². The summed E-state index contributed by atoms with van der Waals surface area (Å²) in [7, 11) is -1.10. The normalized spacial score (nSPS) is 26.0. The average molecular weight is 282 g/mol. The van der Waals surface area contributed by atoms with Crippen molar-refractivity contribution in [1.29, 1.82) is 5.26 Å². The molecule has 0 spiro atoms. The molecule has 1 saturated carbocycles. The van der Waals surface area contributed by atoms with Gasteiger partial charge in [-0.3, -0.25) is 4.21 Å². The smallest absolute Gasteiger partial charge is 0.0668 e. The molecular weight excluding hydrogens is 266 g/mol. The minimum absolute atomic E-state index is 0.0290. The van der Waals surface area contributed by atoms with Crippen molar-refractivity contribution >= 4 is 22.4 Å². The van der Waals surface area contributed by atoms with Crippen molar-refractivity contribution in [3.05, 3.63) is 29.3 Å². The lowest BCUT2D eigenvalue weighted by molar-refractivity contribution is 0.564. The van der Waals surface area contributed by atoms with Gasteiger partial charge < -0.3 is 0 Å². The van der Waals surface area contributed by atoms with Gasteiger partial charge in [-0.15, -0.1) is 0 Å². The molecule has 0 N–H and O–H groups in total. The van der Waals surface area contributed by atoms with E-state index in [0.717, 1.165) is 37.0 Å². The molecule has 1 aromatic carbocycles. The van der Waals surface area contributed by atoms with E-state index in [1.807, 2.05) is 0 Å². The summed E-state index contributed by atoms with van der Waals surface area (Å²) in [5, 5.41) is 9.84. The number of rotatable bonds is 2. The molecular formula is C14H16ClNOS. The topological polar surface area (TPSA) is 40.9 Å². The second-order valence-electron chi connectivity index (χ2n) is 4.66. The van der Waals surface area contributed by atoms with Crippen LogP contribution in [0.4, 0.5) is 0 Å². The van der Waals surface area contributed by atoms with E-state index in [-0.39, 0.29) is 11.2 Å². The molecule has 1 aromatic rings. The third kappa shape index (κ3) is 3.13. The number of halogens is 1. The zero-order valence-electron chi connectivity index (χ0n) is 10.1. The van der Waals surface area contributed by atoms with Crippen LogP contribution >= 0.6 is 11.6 Å². The molecule has 1 aliphatic carbocycles. The molecule has 3 unspecified atom stereocenters. The average Bonchev–Trinajstić information content (AvgIpc) is 2.63. The van der Waals surface area contributed by atoms with Crippen molar-refractivity contribution in [1.82, 2.24) is 0 Å². The van der Waals surface area contributed by atoms with Crippen LogP contribution in [0.25, 0.3) is 0 Å². The quantitative estimate of drug-likeness (QED) is 0.771. The Bertz CT molecular complexity index is 466. The zero-order chi connectivity index (χ0) is 13.0. The van der Waals surface area contributed by atoms with Crippen LogP contribution in [0.1, 0.15) is 32.1 Å². The van der Waals surface area contributed by atoms with Crippen molar-refractivity contribution in [2.24, 2.45) is 5.92 Å². The highest BCUT2D eigenvalue weighted by Gasteiger charge is 2.29. The highest BCUT2D eigenvalue weighted by Crippen LogP contribution is 2.29. The molecule has 2 nitrogen and oxygen atoms in total. The van der Waals surface area contributed by atoms with Crippen LogP contribution < -0.4 is 0 Å². The maximum atomic E-state index is 12.6. The lowest BCUT2D eigenvalue weighted by Crippen LogP contribution is -2.23. The summed E-state index contributed by atoms with van der Waals surface area (Å²) in [5.74, 6) is -0.0796. The summed E-state index contributed by atoms with van der Waals surface area (Å²) in [4.78, 5) is 0.784. The first kappa shape index (κ1) is 13.6. The second kappa shape index (κ2) is 6.36. The lowest BCUT2D eigenvalue weighted by atomic mass is 10.0. The highest BCUT2D eigenvalue weighted by atomic mass is 35.5. The summed E-state index contributed by atoms with van der Waals surface area (Å²) < 4.78 is 12.6. The Labute approximate surface area is 115 Å². The third-order valence-corrected chi connectivity index (χ3v) is 5.54. The molecule has 0 bridgehead atoms. The molecule has 1 fully saturated rings. The SMILES string of the molecule is N#CC1CCCCCC1S(=O)c1ccc(Cl)cc1. The Balaban J connectivity index is 2.20. The summed E-state index contributed by atoms with van der Waals surface area (Å²) in [5.41, 5.74) is 0. The van der Waals surface area contributed by atoms with Crippen LogP contribution in [0.15, 0.2) is 29.2 Å². The number of benzene rings is 1. The highest BCUT2D eigenvalue weighted by molar-refractivity contribution is 7.85. The van der Waals surface area contributed by atoms with Gasteiger partial charge in [0.05, 0.1) is 28.0 Å². The Morgan fingerprint density at radius 2 is 1.83 bits per heavy atom. The van der Waals surface area contributed by atoms with Gasteiger partial charge in [0.2, 0.25) is 0 Å². The molecule has 0 amide bonds. The van der Waals surface area contributed by atoms with E-state index < -0.39 is 10.8 Å². The molecule has 3 atom stereocenters. The Morgan fingerprint density at radius 1 is 1.17 bits per heavy atom. The van der Waals surface area contributed by atoms with Gasteiger partial charge in [-0.05, 0) is 37.1 Å². The number of nitrogens with zero attached hydrogens (tertiary/aromatic N) is 1. The predicted octanol–water partition coefficient (Wildman–Crippen LogP) is 3.92. The summed E-state index contributed by atoms with van der Waals surface area (Å²) >= 11 is 5.83. The van der Waals surface area contributed by atoms with E-state index in [4.69, 9.17) is 11.6 Å². The van der Waals surface area contributed by atoms with E-state index >= 15 is 0 Å². The first-order chi connectivity index (χ1) is 8.72. The number of hydrogen-bond donors (Lipinski definition) is 0. The van der Waals surface area contributed by atoms with Gasteiger partial charge in [-0.2, -0.15) is 5.26 Å². The van der Waals surface area contributed by atoms with Crippen LogP contribution in [-0.2, 0) is 10.8 Å². The third-order valence-electron chi connectivity index (χ3n) is 3.44. The Kier molecular flexibility index (Phi) is 4.79. The summed E-state index contributed by atoms with van der Waals surface area (Å²) in [6.45, 7) is 0. The second-order valence-corrected chi connectivity index (χ2v) is 6.77. The van der Waals surface area contributed by atoms with Crippen molar-refractivity contribution in [3.8, 4) is 6.07 Å². The summed E-state index contributed by atoms with van der Waals surface area (Å²) in [6.07, 6.45) is 5.05. The fourth-order valence-corrected chi connectivity index (χ4v) is 4.18. The maximum Gasteiger partial charge on any atom is 0.0668 e. The lowest BCUT2D eigenvalue weighted by Gasteiger charge is -2.18. The summed E-state index contributed by atoms with van der Waals surface area (Å²) in [6, 6.07) is 9.46. The monoisotopic (exact) mass is 281 g/mol. The molecule has 0 heterocycles. The minimum atomic E-state index is -1.10. The molecule has 0 aromatic heterocycles. The number of nitriles is 1. The van der Waals surface area contributed by atoms with Crippen LogP contribution in [0.5, 0.6) is 0 Å². The largest absolute Gasteiger partial charge is 0.254 e. The fourth-order valence-electron chi connectivity index (χ4n) is 2.42. The van der Waals surface area contributed by atoms with Gasteiger partial charge in [0.25, 0.3) is 0 Å². The maximum absolute atomic E-state index is 12.6. The van der Waals surface area contributed by atoms with E-state index in [9.17, 15) is 9.47 Å². The molecule has 4 heteroatoms. The predicted molar refractivity (Wildman–Crippen MR) is 73.8 cm³/mol. The van der Waals surface area contributed by atoms with Gasteiger partial charge >= 0.3 is 0 Å². The standard InChI is InChI=1S/C14H16ClNOS/c15-12-6-8-13(9-7-12)18(17)14-5-3-1-2-4-11(14)10-16/h6-9,11,14H,1-5H2. The van der Waals surface area contributed by atoms with E-state index in [0.29, 0.717) is 5.02 Å². The molecule has 0 aliphatic heterocycles. The van der Waals surface area contributed by atoms with Crippen LogP contribution in [0, 0.1) is 17.2 Å². The van der Waals surface area contributed by atoms with Crippen molar-refractivity contribution in [2.45, 2.75) is 42.2 Å². The Morgan fingerprint density at radius 3 is 2.50 bits per heavy atom. The van der Waals surface area contributed by atoms with E-state index in [1.54, 1.807) is 24.3 Å². The van der Waals surface area contributed by atoms with Crippen molar-refractivity contribution < 1.29 is 4.21 Å². The molecule has 2 rings (SSSR count). The van der Waals surface area contributed by atoms with Gasteiger partial charge in [-0.25, -0.2) is 0 Å². The first-order valence-corrected chi connectivity index (χ1v) is 7.87. The van der Waals surface area contributed by atoms with Gasteiger partial charge in [0.1, 0.15) is 0 Å². The van der Waals surface area contributed by atoms with Crippen LogP contribution in [-0.4, -0.2) is 9.46 Å². The zero-order valence-corrected chi connectivity index (χ0v) is 11.7. The fraction of sp³-hybridized carbons (Fsp3) is 0.500. The van der Waals surface area contributed by atoms with Gasteiger partial charge in [0, 0.05) is 9.92 Å². The van der Waals surface area contributed by atoms with E-state index in [2.05, 4.69) is 6.07 Å². The van der Waals surface area contributed by atoms with Crippen molar-refractivity contribution in [2.75, 3.05) is 0 Å². The van der Waals surface area contributed by atoms with Crippen molar-refractivity contribution in [3.63, 3.8) is 0 Å². The molecule has 96 valence electrons.